The monoisotopic (exact) mass is 617 g/mol. The molecule has 0 aliphatic rings. The molecular formula is C33H67NO7Si. The first kappa shape index (κ1) is 41.0. The Morgan fingerprint density at radius 1 is 0.595 bits per heavy atom. The van der Waals surface area contributed by atoms with Gasteiger partial charge in [-0.2, -0.15) is 0 Å². The molecule has 0 amide bonds. The third-order valence-corrected chi connectivity index (χ3v) is 10.6. The summed E-state index contributed by atoms with van der Waals surface area (Å²) < 4.78 is 27.0. The van der Waals surface area contributed by atoms with Gasteiger partial charge in [0.25, 0.3) is 0 Å². The lowest BCUT2D eigenvalue weighted by atomic mass is 10.0. The highest BCUT2D eigenvalue weighted by atomic mass is 28.4. The molecular weight excluding hydrogens is 550 g/mol. The fourth-order valence-corrected chi connectivity index (χ4v) is 6.77. The van der Waals surface area contributed by atoms with Gasteiger partial charge in [-0.1, -0.05) is 103 Å². The summed E-state index contributed by atoms with van der Waals surface area (Å²) in [6.07, 6.45) is 23.7. The normalized spacial score (nSPS) is 12.4. The summed E-state index contributed by atoms with van der Waals surface area (Å²) in [5.74, 6) is -0.423. The molecule has 0 aromatic carbocycles. The summed E-state index contributed by atoms with van der Waals surface area (Å²) in [7, 11) is 2.42. The van der Waals surface area contributed by atoms with Gasteiger partial charge in [0.05, 0.1) is 0 Å². The van der Waals surface area contributed by atoms with Crippen LogP contribution in [-0.2, 0) is 32.3 Å². The molecule has 0 fully saturated rings. The van der Waals surface area contributed by atoms with Gasteiger partial charge in [0, 0.05) is 40.2 Å². The van der Waals surface area contributed by atoms with Gasteiger partial charge in [-0.25, -0.2) is 0 Å². The third-order valence-electron chi connectivity index (χ3n) is 7.80. The molecule has 42 heavy (non-hydrogen) atoms. The summed E-state index contributed by atoms with van der Waals surface area (Å²) in [6, 6.07) is 0.780. The van der Waals surface area contributed by atoms with Crippen LogP contribution in [0.2, 0.25) is 6.04 Å². The number of nitrogens with one attached hydrogen (secondary N) is 1. The van der Waals surface area contributed by atoms with Gasteiger partial charge < -0.3 is 28.1 Å². The minimum absolute atomic E-state index is 0.125. The number of ether oxygens (including phenoxy) is 2. The van der Waals surface area contributed by atoms with Crippen molar-refractivity contribution in [3.63, 3.8) is 0 Å². The van der Waals surface area contributed by atoms with E-state index in [4.69, 9.17) is 22.8 Å². The van der Waals surface area contributed by atoms with Crippen LogP contribution in [0.3, 0.4) is 0 Å². The van der Waals surface area contributed by atoms with E-state index in [1.807, 2.05) is 0 Å². The van der Waals surface area contributed by atoms with Crippen LogP contribution in [0.4, 0.5) is 0 Å². The molecule has 0 bridgehead atoms. The average Bonchev–Trinajstić information content (AvgIpc) is 2.99. The van der Waals surface area contributed by atoms with Gasteiger partial charge >= 0.3 is 20.7 Å². The molecule has 0 aliphatic carbocycles. The van der Waals surface area contributed by atoms with Gasteiger partial charge in [0.2, 0.25) is 0 Å². The largest absolute Gasteiger partial charge is 0.500 e. The lowest BCUT2D eigenvalue weighted by Gasteiger charge is -2.24. The van der Waals surface area contributed by atoms with Crippen LogP contribution >= 0.6 is 0 Å². The molecule has 0 radical (unpaired) electrons. The SMILES string of the molecule is CCCCCCCCCCCCCCCCCC(=O)OC(C)COC(=O)CCCCCNCCC[Si](OC)(OC)OC. The summed E-state index contributed by atoms with van der Waals surface area (Å²) in [5.41, 5.74) is 0. The van der Waals surface area contributed by atoms with E-state index in [0.29, 0.717) is 12.8 Å². The Hall–Kier alpha value is -1.00. The Morgan fingerprint density at radius 2 is 1.02 bits per heavy atom. The summed E-state index contributed by atoms with van der Waals surface area (Å²) in [4.78, 5) is 24.1. The molecule has 8 nitrogen and oxygen atoms in total. The maximum atomic E-state index is 12.1. The van der Waals surface area contributed by atoms with Crippen LogP contribution in [0, 0.1) is 0 Å². The van der Waals surface area contributed by atoms with E-state index < -0.39 is 14.9 Å². The zero-order valence-corrected chi connectivity index (χ0v) is 29.1. The van der Waals surface area contributed by atoms with E-state index in [1.54, 1.807) is 28.3 Å². The van der Waals surface area contributed by atoms with Crippen LogP contribution in [0.25, 0.3) is 0 Å². The van der Waals surface area contributed by atoms with E-state index >= 15 is 0 Å². The third kappa shape index (κ3) is 25.5. The number of carbonyl (C=O) groups is 2. The van der Waals surface area contributed by atoms with Crippen molar-refractivity contribution in [3.05, 3.63) is 0 Å². The zero-order chi connectivity index (χ0) is 31.2. The standard InChI is InChI=1S/C33H67NO7Si/c1-6-7-8-9-10-11-12-13-14-15-16-17-18-19-21-26-33(36)41-31(2)30-40-32(35)25-22-20-23-27-34-28-24-29-42(37-3,38-4)39-5/h31,34H,6-30H2,1-5H3. The topological polar surface area (TPSA) is 92.3 Å². The van der Waals surface area contributed by atoms with E-state index in [0.717, 1.165) is 57.7 Å². The summed E-state index contributed by atoms with van der Waals surface area (Å²) in [6.45, 7) is 5.96. The number of carbonyl (C=O) groups excluding carboxylic acids is 2. The second kappa shape index (κ2) is 30.0. The Balaban J connectivity index is 3.51. The summed E-state index contributed by atoms with van der Waals surface area (Å²) >= 11 is 0. The maximum Gasteiger partial charge on any atom is 0.500 e. The number of esters is 2. The van der Waals surface area contributed by atoms with Crippen LogP contribution < -0.4 is 5.32 Å². The minimum Gasteiger partial charge on any atom is -0.462 e. The number of rotatable bonds is 32. The number of hydrogen-bond donors (Lipinski definition) is 1. The molecule has 0 rings (SSSR count). The lowest BCUT2D eigenvalue weighted by molar-refractivity contribution is -0.158. The number of hydrogen-bond acceptors (Lipinski definition) is 8. The van der Waals surface area contributed by atoms with Crippen LogP contribution in [0.1, 0.15) is 149 Å². The summed E-state index contributed by atoms with van der Waals surface area (Å²) in [5, 5.41) is 3.41. The Kier molecular flexibility index (Phi) is 29.3. The first-order valence-corrected chi connectivity index (χ1v) is 19.1. The quantitative estimate of drug-likeness (QED) is 0.0459. The first-order valence-electron chi connectivity index (χ1n) is 17.1. The molecule has 0 spiro atoms. The second-order valence-electron chi connectivity index (χ2n) is 11.6. The molecule has 0 saturated heterocycles. The lowest BCUT2D eigenvalue weighted by Crippen LogP contribution is -2.43. The maximum absolute atomic E-state index is 12.1. The van der Waals surface area contributed by atoms with Crippen molar-refractivity contribution < 1.29 is 32.3 Å². The van der Waals surface area contributed by atoms with E-state index in [1.165, 1.54) is 83.5 Å². The van der Waals surface area contributed by atoms with Crippen molar-refractivity contribution in [2.75, 3.05) is 41.0 Å². The highest BCUT2D eigenvalue weighted by molar-refractivity contribution is 6.60. The van der Waals surface area contributed by atoms with Crippen molar-refractivity contribution >= 4 is 20.7 Å². The Bertz CT molecular complexity index is 611. The molecule has 0 aromatic rings. The van der Waals surface area contributed by atoms with Gasteiger partial charge in [-0.15, -0.1) is 0 Å². The minimum atomic E-state index is -2.48. The van der Waals surface area contributed by atoms with Crippen LogP contribution in [0.15, 0.2) is 0 Å². The molecule has 1 atom stereocenters. The van der Waals surface area contributed by atoms with E-state index in [2.05, 4.69) is 12.2 Å². The van der Waals surface area contributed by atoms with Crippen LogP contribution in [0.5, 0.6) is 0 Å². The smallest absolute Gasteiger partial charge is 0.462 e. The predicted octanol–water partition coefficient (Wildman–Crippen LogP) is 8.14. The average molecular weight is 618 g/mol. The van der Waals surface area contributed by atoms with Crippen molar-refractivity contribution in [1.29, 1.82) is 0 Å². The van der Waals surface area contributed by atoms with Crippen LogP contribution in [-0.4, -0.2) is 67.9 Å². The Morgan fingerprint density at radius 3 is 1.52 bits per heavy atom. The highest BCUT2D eigenvalue weighted by Gasteiger charge is 2.36. The second-order valence-corrected chi connectivity index (χ2v) is 14.7. The molecule has 0 aromatic heterocycles. The molecule has 1 unspecified atom stereocenters. The molecule has 1 N–H and O–H groups in total. The number of unbranched alkanes of at least 4 members (excludes halogenated alkanes) is 16. The fraction of sp³-hybridized carbons (Fsp3) is 0.939. The molecule has 0 heterocycles. The van der Waals surface area contributed by atoms with Crippen molar-refractivity contribution in [2.45, 2.75) is 161 Å². The van der Waals surface area contributed by atoms with Gasteiger partial charge in [0.1, 0.15) is 12.7 Å². The molecule has 9 heteroatoms. The molecule has 0 aliphatic heterocycles. The van der Waals surface area contributed by atoms with E-state index in [9.17, 15) is 9.59 Å². The molecule has 250 valence electrons. The van der Waals surface area contributed by atoms with Gasteiger partial charge in [0.15, 0.2) is 0 Å². The fourth-order valence-electron chi connectivity index (χ4n) is 5.05. The Labute approximate surface area is 260 Å². The van der Waals surface area contributed by atoms with Crippen molar-refractivity contribution in [1.82, 2.24) is 5.32 Å². The first-order chi connectivity index (χ1) is 20.4. The van der Waals surface area contributed by atoms with Crippen molar-refractivity contribution in [3.8, 4) is 0 Å². The zero-order valence-electron chi connectivity index (χ0n) is 28.1. The van der Waals surface area contributed by atoms with Gasteiger partial charge in [-0.3, -0.25) is 9.59 Å². The van der Waals surface area contributed by atoms with E-state index in [-0.39, 0.29) is 18.5 Å². The highest BCUT2D eigenvalue weighted by Crippen LogP contribution is 2.15. The predicted molar refractivity (Wildman–Crippen MR) is 174 cm³/mol. The molecule has 0 saturated carbocycles. The van der Waals surface area contributed by atoms with Gasteiger partial charge in [-0.05, 0) is 45.7 Å². The van der Waals surface area contributed by atoms with Crippen molar-refractivity contribution in [2.24, 2.45) is 0 Å².